The molecule has 0 aliphatic carbocycles. The number of imidazole rings is 1. The first-order chi connectivity index (χ1) is 9.65. The predicted octanol–water partition coefficient (Wildman–Crippen LogP) is 3.39. The van der Waals surface area contributed by atoms with Crippen LogP contribution in [-0.2, 0) is 13.1 Å². The summed E-state index contributed by atoms with van der Waals surface area (Å²) in [4.78, 5) is 9.03. The Hall–Kier alpha value is -1.40. The van der Waals surface area contributed by atoms with Crippen LogP contribution >= 0.6 is 27.5 Å². The quantitative estimate of drug-likeness (QED) is 0.675. The van der Waals surface area contributed by atoms with Gasteiger partial charge in [0.25, 0.3) is 0 Å². The summed E-state index contributed by atoms with van der Waals surface area (Å²) >= 11 is 9.65. The first kappa shape index (κ1) is 13.6. The molecule has 0 bridgehead atoms. The zero-order valence-corrected chi connectivity index (χ0v) is 13.2. The van der Waals surface area contributed by atoms with Crippen LogP contribution in [0.3, 0.4) is 0 Å². The molecule has 3 rings (SSSR count). The van der Waals surface area contributed by atoms with E-state index in [9.17, 15) is 0 Å². The van der Waals surface area contributed by atoms with Crippen LogP contribution in [0.15, 0.2) is 35.2 Å². The summed E-state index contributed by atoms with van der Waals surface area (Å²) in [5.74, 6) is 0.833. The summed E-state index contributed by atoms with van der Waals surface area (Å²) in [6.45, 7) is 3.41. The molecular weight excluding hydrogens is 342 g/mol. The van der Waals surface area contributed by atoms with E-state index in [1.165, 1.54) is 0 Å². The fourth-order valence-electron chi connectivity index (χ4n) is 2.16. The van der Waals surface area contributed by atoms with Crippen LogP contribution in [0.4, 0.5) is 0 Å². The van der Waals surface area contributed by atoms with Gasteiger partial charge in [0, 0.05) is 29.6 Å². The van der Waals surface area contributed by atoms with Crippen molar-refractivity contribution in [3.05, 3.63) is 41.0 Å². The van der Waals surface area contributed by atoms with Crippen molar-refractivity contribution >= 4 is 38.7 Å². The summed E-state index contributed by atoms with van der Waals surface area (Å²) in [5, 5.41) is 4.04. The molecule has 0 N–H and O–H groups in total. The van der Waals surface area contributed by atoms with E-state index < -0.39 is 0 Å². The highest BCUT2D eigenvalue weighted by atomic mass is 79.9. The molecule has 104 valence electrons. The van der Waals surface area contributed by atoms with Gasteiger partial charge in [0.2, 0.25) is 0 Å². The molecule has 5 nitrogen and oxygen atoms in total. The number of fused-ring (bicyclic) bond motifs is 1. The van der Waals surface area contributed by atoms with Crippen LogP contribution in [-0.4, -0.2) is 24.3 Å². The smallest absolute Gasteiger partial charge is 0.160 e. The Morgan fingerprint density at radius 3 is 2.95 bits per heavy atom. The monoisotopic (exact) mass is 353 g/mol. The number of hydrogen-bond acceptors (Lipinski definition) is 3. The molecule has 3 aromatic rings. The third-order valence-electron chi connectivity index (χ3n) is 3.05. The number of aromatic nitrogens is 5. The van der Waals surface area contributed by atoms with Gasteiger partial charge in [-0.3, -0.25) is 4.68 Å². The normalized spacial score (nSPS) is 12.9. The van der Waals surface area contributed by atoms with E-state index >= 15 is 0 Å². The van der Waals surface area contributed by atoms with Crippen LogP contribution < -0.4 is 0 Å². The molecule has 0 aliphatic heterocycles. The van der Waals surface area contributed by atoms with Crippen molar-refractivity contribution in [1.29, 1.82) is 0 Å². The molecule has 3 aromatic heterocycles. The minimum absolute atomic E-state index is 0.166. The maximum atomic E-state index is 6.23. The predicted molar refractivity (Wildman–Crippen MR) is 81.7 cm³/mol. The Bertz CT molecular complexity index is 720. The Labute approximate surface area is 129 Å². The number of pyridine rings is 1. The molecule has 0 amide bonds. The van der Waals surface area contributed by atoms with Crippen molar-refractivity contribution in [2.75, 3.05) is 0 Å². The van der Waals surface area contributed by atoms with Gasteiger partial charge < -0.3 is 4.57 Å². The third kappa shape index (κ3) is 2.58. The van der Waals surface area contributed by atoms with Crippen LogP contribution in [0.5, 0.6) is 0 Å². The summed E-state index contributed by atoms with van der Waals surface area (Å²) in [6.07, 6.45) is 5.48. The van der Waals surface area contributed by atoms with Gasteiger partial charge in [-0.2, -0.15) is 5.10 Å². The summed E-state index contributed by atoms with van der Waals surface area (Å²) < 4.78 is 4.85. The topological polar surface area (TPSA) is 48.5 Å². The van der Waals surface area contributed by atoms with Gasteiger partial charge in [0.05, 0.1) is 11.9 Å². The van der Waals surface area contributed by atoms with Crippen molar-refractivity contribution in [3.8, 4) is 0 Å². The van der Waals surface area contributed by atoms with Gasteiger partial charge in [0.15, 0.2) is 5.65 Å². The van der Waals surface area contributed by atoms with Gasteiger partial charge in [-0.15, -0.1) is 11.6 Å². The van der Waals surface area contributed by atoms with Crippen molar-refractivity contribution < 1.29 is 0 Å². The van der Waals surface area contributed by atoms with Crippen molar-refractivity contribution in [2.24, 2.45) is 0 Å². The molecule has 3 heterocycles. The van der Waals surface area contributed by atoms with E-state index in [4.69, 9.17) is 11.6 Å². The minimum Gasteiger partial charge on any atom is -0.310 e. The maximum absolute atomic E-state index is 6.23. The van der Waals surface area contributed by atoms with Crippen LogP contribution in [0, 0.1) is 0 Å². The summed E-state index contributed by atoms with van der Waals surface area (Å²) in [5.41, 5.74) is 1.70. The second kappa shape index (κ2) is 5.54. The van der Waals surface area contributed by atoms with E-state index in [0.29, 0.717) is 0 Å². The number of aryl methyl sites for hydroxylation is 2. The number of nitrogens with zero attached hydrogens (tertiary/aromatic N) is 5. The number of rotatable bonds is 4. The van der Waals surface area contributed by atoms with Crippen molar-refractivity contribution in [3.63, 3.8) is 0 Å². The zero-order chi connectivity index (χ0) is 14.1. The fourth-order valence-corrected chi connectivity index (χ4v) is 2.65. The Morgan fingerprint density at radius 2 is 2.25 bits per heavy atom. The molecule has 0 aliphatic rings. The van der Waals surface area contributed by atoms with Crippen LogP contribution in [0.1, 0.15) is 18.1 Å². The average molecular weight is 355 g/mol. The molecule has 0 saturated carbocycles. The van der Waals surface area contributed by atoms with Crippen molar-refractivity contribution in [2.45, 2.75) is 25.4 Å². The van der Waals surface area contributed by atoms with E-state index in [1.807, 2.05) is 29.9 Å². The lowest BCUT2D eigenvalue weighted by atomic mass is 10.4. The summed E-state index contributed by atoms with van der Waals surface area (Å²) in [6, 6.07) is 3.86. The molecule has 0 spiro atoms. The van der Waals surface area contributed by atoms with E-state index in [1.54, 1.807) is 12.4 Å². The molecule has 0 aromatic carbocycles. The first-order valence-corrected chi connectivity index (χ1v) is 7.51. The van der Waals surface area contributed by atoms with Gasteiger partial charge >= 0.3 is 0 Å². The molecule has 7 heteroatoms. The van der Waals surface area contributed by atoms with E-state index in [2.05, 4.69) is 35.6 Å². The van der Waals surface area contributed by atoms with E-state index in [0.717, 1.165) is 34.6 Å². The van der Waals surface area contributed by atoms with Crippen molar-refractivity contribution in [1.82, 2.24) is 24.3 Å². The molecule has 0 radical (unpaired) electrons. The molecule has 1 atom stereocenters. The first-order valence-electron chi connectivity index (χ1n) is 6.28. The lowest BCUT2D eigenvalue weighted by Crippen LogP contribution is -2.11. The minimum atomic E-state index is -0.166. The number of hydrogen-bond donors (Lipinski definition) is 0. The average Bonchev–Trinajstić information content (AvgIpc) is 3.02. The highest BCUT2D eigenvalue weighted by Crippen LogP contribution is 2.25. The standard InChI is InChI=1S/C13H13BrClN5/c1-9(15)12-18-11-7-10(14)8-16-13(11)20(12)6-5-19-4-2-3-17-19/h2-4,7-9H,5-6H2,1H3. The van der Waals surface area contributed by atoms with Crippen LogP contribution in [0.25, 0.3) is 11.2 Å². The Kier molecular flexibility index (Phi) is 3.76. The number of halogens is 2. The lowest BCUT2D eigenvalue weighted by Gasteiger charge is -2.09. The third-order valence-corrected chi connectivity index (χ3v) is 3.68. The molecule has 0 fully saturated rings. The maximum Gasteiger partial charge on any atom is 0.160 e. The second-order valence-electron chi connectivity index (χ2n) is 4.50. The second-order valence-corrected chi connectivity index (χ2v) is 6.07. The molecular formula is C13H13BrClN5. The number of alkyl halides is 1. The Balaban J connectivity index is 2.00. The van der Waals surface area contributed by atoms with E-state index in [-0.39, 0.29) is 5.38 Å². The zero-order valence-electron chi connectivity index (χ0n) is 10.9. The van der Waals surface area contributed by atoms with Gasteiger partial charge in [-0.05, 0) is 35.0 Å². The molecule has 1 unspecified atom stereocenters. The highest BCUT2D eigenvalue weighted by molar-refractivity contribution is 9.10. The summed E-state index contributed by atoms with van der Waals surface area (Å²) in [7, 11) is 0. The SMILES string of the molecule is CC(Cl)c1nc2cc(Br)cnc2n1CCn1cccn1. The van der Waals surface area contributed by atoms with Gasteiger partial charge in [-0.25, -0.2) is 9.97 Å². The van der Waals surface area contributed by atoms with Gasteiger partial charge in [-0.1, -0.05) is 0 Å². The highest BCUT2D eigenvalue weighted by Gasteiger charge is 2.16. The fraction of sp³-hybridized carbons (Fsp3) is 0.308. The molecule has 20 heavy (non-hydrogen) atoms. The van der Waals surface area contributed by atoms with Gasteiger partial charge in [0.1, 0.15) is 11.3 Å². The Morgan fingerprint density at radius 1 is 1.40 bits per heavy atom. The largest absolute Gasteiger partial charge is 0.310 e. The van der Waals surface area contributed by atoms with Crippen LogP contribution in [0.2, 0.25) is 0 Å². The lowest BCUT2D eigenvalue weighted by molar-refractivity contribution is 0.526. The molecule has 0 saturated heterocycles.